The lowest BCUT2D eigenvalue weighted by Crippen LogP contribution is -2.14. The molecular formula is C20H17N5OS. The van der Waals surface area contributed by atoms with E-state index in [9.17, 15) is 4.79 Å². The van der Waals surface area contributed by atoms with Crippen LogP contribution >= 0.6 is 11.8 Å². The summed E-state index contributed by atoms with van der Waals surface area (Å²) in [5.41, 5.74) is 2.69. The SMILES string of the molecule is Cn1c(SCC(=O)Nc2ccccc2)nnc1-c1ccc2ncccc2c1. The third-order valence-corrected chi connectivity index (χ3v) is 5.11. The second-order valence-corrected chi connectivity index (χ2v) is 6.92. The van der Waals surface area contributed by atoms with E-state index >= 15 is 0 Å². The van der Waals surface area contributed by atoms with Gasteiger partial charge in [0.1, 0.15) is 0 Å². The minimum atomic E-state index is -0.0764. The number of carbonyl (C=O) groups excluding carboxylic acids is 1. The number of para-hydroxylation sites is 1. The van der Waals surface area contributed by atoms with Gasteiger partial charge in [-0.2, -0.15) is 0 Å². The van der Waals surface area contributed by atoms with Crippen molar-refractivity contribution < 1.29 is 4.79 Å². The summed E-state index contributed by atoms with van der Waals surface area (Å²) in [4.78, 5) is 16.5. The highest BCUT2D eigenvalue weighted by molar-refractivity contribution is 7.99. The van der Waals surface area contributed by atoms with Crippen LogP contribution in [0.4, 0.5) is 5.69 Å². The van der Waals surface area contributed by atoms with E-state index in [0.29, 0.717) is 5.16 Å². The smallest absolute Gasteiger partial charge is 0.234 e. The van der Waals surface area contributed by atoms with E-state index in [1.165, 1.54) is 11.8 Å². The number of hydrogen-bond donors (Lipinski definition) is 1. The first kappa shape index (κ1) is 17.2. The summed E-state index contributed by atoms with van der Waals surface area (Å²) < 4.78 is 1.90. The molecule has 2 aromatic heterocycles. The Morgan fingerprint density at radius 2 is 1.93 bits per heavy atom. The van der Waals surface area contributed by atoms with E-state index in [-0.39, 0.29) is 11.7 Å². The Hall–Kier alpha value is -3.19. The Morgan fingerprint density at radius 3 is 2.78 bits per heavy atom. The first-order valence-electron chi connectivity index (χ1n) is 8.43. The second kappa shape index (κ2) is 7.59. The standard InChI is InChI=1S/C20H17N5OS/c1-25-19(15-9-10-17-14(12-15)6-5-11-21-17)23-24-20(25)27-13-18(26)22-16-7-3-2-4-8-16/h2-12H,13H2,1H3,(H,22,26). The second-order valence-electron chi connectivity index (χ2n) is 5.98. The van der Waals surface area contributed by atoms with Crippen LogP contribution < -0.4 is 5.32 Å². The fourth-order valence-electron chi connectivity index (χ4n) is 2.76. The van der Waals surface area contributed by atoms with Crippen molar-refractivity contribution in [2.24, 2.45) is 7.05 Å². The zero-order valence-electron chi connectivity index (χ0n) is 14.7. The predicted octanol–water partition coefficient (Wildman–Crippen LogP) is 3.76. The third kappa shape index (κ3) is 3.83. The van der Waals surface area contributed by atoms with E-state index in [1.54, 1.807) is 6.20 Å². The van der Waals surface area contributed by atoms with Crippen molar-refractivity contribution in [2.75, 3.05) is 11.1 Å². The van der Waals surface area contributed by atoms with Gasteiger partial charge in [0, 0.05) is 29.9 Å². The fourth-order valence-corrected chi connectivity index (χ4v) is 3.47. The average molecular weight is 375 g/mol. The lowest BCUT2D eigenvalue weighted by molar-refractivity contribution is -0.113. The molecule has 27 heavy (non-hydrogen) atoms. The van der Waals surface area contributed by atoms with Crippen molar-refractivity contribution >= 4 is 34.3 Å². The zero-order valence-corrected chi connectivity index (χ0v) is 15.5. The first-order valence-corrected chi connectivity index (χ1v) is 9.41. The first-order chi connectivity index (χ1) is 13.2. The van der Waals surface area contributed by atoms with Crippen molar-refractivity contribution in [1.82, 2.24) is 19.7 Å². The summed E-state index contributed by atoms with van der Waals surface area (Å²) in [6.45, 7) is 0. The molecule has 2 heterocycles. The highest BCUT2D eigenvalue weighted by atomic mass is 32.2. The molecular weight excluding hydrogens is 358 g/mol. The van der Waals surface area contributed by atoms with Gasteiger partial charge in [-0.1, -0.05) is 36.0 Å². The number of rotatable bonds is 5. The molecule has 2 aromatic carbocycles. The topological polar surface area (TPSA) is 72.7 Å². The highest BCUT2D eigenvalue weighted by Gasteiger charge is 2.13. The van der Waals surface area contributed by atoms with Crippen molar-refractivity contribution in [1.29, 1.82) is 0 Å². The molecule has 0 aliphatic rings. The van der Waals surface area contributed by atoms with Gasteiger partial charge < -0.3 is 9.88 Å². The van der Waals surface area contributed by atoms with Crippen molar-refractivity contribution in [3.8, 4) is 11.4 Å². The molecule has 7 heteroatoms. The summed E-state index contributed by atoms with van der Waals surface area (Å²) in [6, 6.07) is 19.3. The Bertz CT molecular complexity index is 1090. The summed E-state index contributed by atoms with van der Waals surface area (Å²) in [5, 5.41) is 13.1. The van der Waals surface area contributed by atoms with Crippen LogP contribution in [0.2, 0.25) is 0 Å². The van der Waals surface area contributed by atoms with Gasteiger partial charge in [0.2, 0.25) is 5.91 Å². The maximum atomic E-state index is 12.1. The van der Waals surface area contributed by atoms with E-state index in [4.69, 9.17) is 0 Å². The summed E-state index contributed by atoms with van der Waals surface area (Å²) >= 11 is 1.36. The molecule has 0 fully saturated rings. The number of nitrogens with one attached hydrogen (secondary N) is 1. The van der Waals surface area contributed by atoms with Gasteiger partial charge in [-0.3, -0.25) is 9.78 Å². The van der Waals surface area contributed by atoms with Crippen molar-refractivity contribution in [3.63, 3.8) is 0 Å². The van der Waals surface area contributed by atoms with Gasteiger partial charge in [0.25, 0.3) is 0 Å². The molecule has 0 atom stereocenters. The molecule has 6 nitrogen and oxygen atoms in total. The molecule has 0 spiro atoms. The van der Waals surface area contributed by atoms with Crippen LogP contribution in [0, 0.1) is 0 Å². The Morgan fingerprint density at radius 1 is 1.07 bits per heavy atom. The molecule has 0 bridgehead atoms. The minimum absolute atomic E-state index is 0.0764. The van der Waals surface area contributed by atoms with Gasteiger partial charge in [0.15, 0.2) is 11.0 Å². The van der Waals surface area contributed by atoms with Crippen LogP contribution in [-0.2, 0) is 11.8 Å². The van der Waals surface area contributed by atoms with Crippen molar-refractivity contribution in [2.45, 2.75) is 5.16 Å². The molecule has 0 aliphatic heterocycles. The number of aromatic nitrogens is 4. The number of fused-ring (bicyclic) bond motifs is 1. The van der Waals surface area contributed by atoms with Gasteiger partial charge in [-0.25, -0.2) is 0 Å². The molecule has 4 rings (SSSR count). The van der Waals surface area contributed by atoms with E-state index in [0.717, 1.165) is 28.0 Å². The third-order valence-electron chi connectivity index (χ3n) is 4.09. The molecule has 134 valence electrons. The summed E-state index contributed by atoms with van der Waals surface area (Å²) in [5.74, 6) is 0.946. The van der Waals surface area contributed by atoms with E-state index in [1.807, 2.05) is 72.3 Å². The number of pyridine rings is 1. The van der Waals surface area contributed by atoms with Crippen LogP contribution in [-0.4, -0.2) is 31.4 Å². The van der Waals surface area contributed by atoms with E-state index < -0.39 is 0 Å². The molecule has 0 aliphatic carbocycles. The lowest BCUT2D eigenvalue weighted by atomic mass is 10.1. The van der Waals surface area contributed by atoms with Gasteiger partial charge in [-0.15, -0.1) is 10.2 Å². The average Bonchev–Trinajstić information content (AvgIpc) is 3.07. The monoisotopic (exact) mass is 375 g/mol. The zero-order chi connectivity index (χ0) is 18.6. The van der Waals surface area contributed by atoms with Gasteiger partial charge in [0.05, 0.1) is 11.3 Å². The molecule has 0 saturated heterocycles. The number of amides is 1. The summed E-state index contributed by atoms with van der Waals surface area (Å²) in [6.07, 6.45) is 1.78. The van der Waals surface area contributed by atoms with Crippen LogP contribution in [0.15, 0.2) is 72.0 Å². The number of thioether (sulfide) groups is 1. The van der Waals surface area contributed by atoms with Crippen LogP contribution in [0.3, 0.4) is 0 Å². The normalized spacial score (nSPS) is 10.9. The van der Waals surface area contributed by atoms with Gasteiger partial charge >= 0.3 is 0 Å². The number of hydrogen-bond acceptors (Lipinski definition) is 5. The van der Waals surface area contributed by atoms with E-state index in [2.05, 4.69) is 20.5 Å². The predicted molar refractivity (Wildman–Crippen MR) is 108 cm³/mol. The molecule has 0 saturated carbocycles. The number of carbonyl (C=O) groups is 1. The minimum Gasteiger partial charge on any atom is -0.325 e. The Labute approximate surface area is 160 Å². The fraction of sp³-hybridized carbons (Fsp3) is 0.100. The largest absolute Gasteiger partial charge is 0.325 e. The van der Waals surface area contributed by atoms with Crippen LogP contribution in [0.5, 0.6) is 0 Å². The molecule has 1 amide bonds. The van der Waals surface area contributed by atoms with Crippen LogP contribution in [0.1, 0.15) is 0 Å². The van der Waals surface area contributed by atoms with Crippen LogP contribution in [0.25, 0.3) is 22.3 Å². The number of nitrogens with zero attached hydrogens (tertiary/aromatic N) is 4. The highest BCUT2D eigenvalue weighted by Crippen LogP contribution is 2.25. The van der Waals surface area contributed by atoms with Gasteiger partial charge in [-0.05, 0) is 36.4 Å². The number of benzene rings is 2. The number of anilines is 1. The Balaban J connectivity index is 1.47. The maximum absolute atomic E-state index is 12.1. The quantitative estimate of drug-likeness (QED) is 0.538. The molecule has 0 radical (unpaired) electrons. The molecule has 1 N–H and O–H groups in total. The summed E-state index contributed by atoms with van der Waals surface area (Å²) in [7, 11) is 1.90. The Kier molecular flexibility index (Phi) is 4.84. The lowest BCUT2D eigenvalue weighted by Gasteiger charge is -2.06. The van der Waals surface area contributed by atoms with Crippen molar-refractivity contribution in [3.05, 3.63) is 66.9 Å². The maximum Gasteiger partial charge on any atom is 0.234 e. The molecule has 0 unspecified atom stereocenters. The molecule has 4 aromatic rings.